The summed E-state index contributed by atoms with van der Waals surface area (Å²) in [6.45, 7) is 4.20. The van der Waals surface area contributed by atoms with Gasteiger partial charge >= 0.3 is 0 Å². The zero-order valence-electron chi connectivity index (χ0n) is 9.87. The molecule has 0 spiro atoms. The van der Waals surface area contributed by atoms with Crippen molar-refractivity contribution in [1.82, 2.24) is 0 Å². The molecule has 2 rings (SSSR count). The van der Waals surface area contributed by atoms with Crippen LogP contribution in [0.1, 0.15) is 21.5 Å². The van der Waals surface area contributed by atoms with Crippen molar-refractivity contribution in [2.24, 2.45) is 0 Å². The Bertz CT molecular complexity index is 530. The van der Waals surface area contributed by atoms with Gasteiger partial charge in [0.2, 0.25) is 0 Å². The zero-order chi connectivity index (χ0) is 12.4. The SMILES string of the molecule is Cc1ccccc1-c1ccc(C(Cl)Cl)cc1C. The van der Waals surface area contributed by atoms with Gasteiger partial charge in [0.25, 0.3) is 0 Å². The van der Waals surface area contributed by atoms with Crippen LogP contribution in [0, 0.1) is 13.8 Å². The maximum atomic E-state index is 5.87. The standard InChI is InChI=1S/C15H14Cl2/c1-10-5-3-4-6-13(10)14-8-7-12(15(16)17)9-11(14)2/h3-9,15H,1-2H3. The first-order valence-electron chi connectivity index (χ1n) is 5.54. The Morgan fingerprint density at radius 1 is 0.824 bits per heavy atom. The second-order valence-electron chi connectivity index (χ2n) is 4.19. The van der Waals surface area contributed by atoms with E-state index in [-0.39, 0.29) is 0 Å². The summed E-state index contributed by atoms with van der Waals surface area (Å²) in [5.74, 6) is 0. The van der Waals surface area contributed by atoms with Crippen LogP contribution in [0.5, 0.6) is 0 Å². The van der Waals surface area contributed by atoms with Crippen molar-refractivity contribution in [1.29, 1.82) is 0 Å². The first-order valence-corrected chi connectivity index (χ1v) is 6.41. The van der Waals surface area contributed by atoms with Crippen LogP contribution in [-0.4, -0.2) is 0 Å². The summed E-state index contributed by atoms with van der Waals surface area (Å²) in [6, 6.07) is 14.5. The van der Waals surface area contributed by atoms with Gasteiger partial charge in [0.05, 0.1) is 0 Å². The smallest absolute Gasteiger partial charge is 0.100 e. The molecule has 0 amide bonds. The van der Waals surface area contributed by atoms with E-state index in [1.54, 1.807) is 0 Å². The van der Waals surface area contributed by atoms with Gasteiger partial charge in [-0.25, -0.2) is 0 Å². The minimum atomic E-state index is -0.459. The maximum absolute atomic E-state index is 5.87. The van der Waals surface area contributed by atoms with Crippen molar-refractivity contribution in [2.45, 2.75) is 18.7 Å². The van der Waals surface area contributed by atoms with E-state index < -0.39 is 4.84 Å². The monoisotopic (exact) mass is 264 g/mol. The van der Waals surface area contributed by atoms with E-state index in [1.807, 2.05) is 12.1 Å². The molecule has 0 aliphatic carbocycles. The van der Waals surface area contributed by atoms with E-state index in [2.05, 4.69) is 44.2 Å². The van der Waals surface area contributed by atoms with Crippen LogP contribution in [0.25, 0.3) is 11.1 Å². The molecule has 0 aliphatic rings. The number of hydrogen-bond donors (Lipinski definition) is 0. The summed E-state index contributed by atoms with van der Waals surface area (Å²) in [4.78, 5) is -0.459. The Balaban J connectivity index is 2.51. The molecule has 2 heteroatoms. The topological polar surface area (TPSA) is 0 Å². The zero-order valence-corrected chi connectivity index (χ0v) is 11.4. The number of hydrogen-bond acceptors (Lipinski definition) is 0. The number of rotatable bonds is 2. The molecule has 0 radical (unpaired) electrons. The predicted octanol–water partition coefficient (Wildman–Crippen LogP) is 5.45. The van der Waals surface area contributed by atoms with Gasteiger partial charge in [-0.15, -0.1) is 23.2 Å². The van der Waals surface area contributed by atoms with Crippen LogP contribution in [0.15, 0.2) is 42.5 Å². The molecule has 0 saturated carbocycles. The molecule has 2 aromatic carbocycles. The third kappa shape index (κ3) is 2.65. The summed E-state index contributed by atoms with van der Waals surface area (Å²) >= 11 is 11.7. The molecule has 0 aromatic heterocycles. The lowest BCUT2D eigenvalue weighted by atomic mass is 9.95. The molecule has 0 nitrogen and oxygen atoms in total. The van der Waals surface area contributed by atoms with E-state index in [0.29, 0.717) is 0 Å². The highest BCUT2D eigenvalue weighted by molar-refractivity contribution is 6.44. The van der Waals surface area contributed by atoms with Gasteiger partial charge in [-0.2, -0.15) is 0 Å². The fraction of sp³-hybridized carbons (Fsp3) is 0.200. The van der Waals surface area contributed by atoms with Crippen LogP contribution >= 0.6 is 23.2 Å². The summed E-state index contributed by atoms with van der Waals surface area (Å²) in [6.07, 6.45) is 0. The van der Waals surface area contributed by atoms with Gasteiger partial charge in [-0.05, 0) is 41.7 Å². The van der Waals surface area contributed by atoms with Crippen molar-refractivity contribution < 1.29 is 0 Å². The minimum Gasteiger partial charge on any atom is -0.100 e. The Morgan fingerprint density at radius 3 is 2.06 bits per heavy atom. The molecule has 0 aliphatic heterocycles. The van der Waals surface area contributed by atoms with E-state index in [9.17, 15) is 0 Å². The molecule has 88 valence electrons. The normalized spacial score (nSPS) is 10.9. The molecular weight excluding hydrogens is 251 g/mol. The largest absolute Gasteiger partial charge is 0.132 e. The molecule has 0 fully saturated rings. The molecule has 0 N–H and O–H groups in total. The molecule has 2 aromatic rings. The molecule has 0 heterocycles. The predicted molar refractivity (Wildman–Crippen MR) is 75.8 cm³/mol. The summed E-state index contributed by atoms with van der Waals surface area (Å²) in [5.41, 5.74) is 5.92. The fourth-order valence-corrected chi connectivity index (χ4v) is 2.27. The summed E-state index contributed by atoms with van der Waals surface area (Å²) in [7, 11) is 0. The third-order valence-electron chi connectivity index (χ3n) is 2.94. The van der Waals surface area contributed by atoms with Crippen molar-refractivity contribution >= 4 is 23.2 Å². The number of benzene rings is 2. The Labute approximate surface area is 112 Å². The van der Waals surface area contributed by atoms with E-state index in [4.69, 9.17) is 23.2 Å². The summed E-state index contributed by atoms with van der Waals surface area (Å²) < 4.78 is 0. The Kier molecular flexibility index (Phi) is 3.76. The number of halogens is 2. The first-order chi connectivity index (χ1) is 8.09. The lowest BCUT2D eigenvalue weighted by molar-refractivity contribution is 1.30. The van der Waals surface area contributed by atoms with Gasteiger partial charge in [-0.3, -0.25) is 0 Å². The second-order valence-corrected chi connectivity index (χ2v) is 5.29. The van der Waals surface area contributed by atoms with Gasteiger partial charge in [0, 0.05) is 0 Å². The van der Waals surface area contributed by atoms with Gasteiger partial charge in [0.15, 0.2) is 0 Å². The lowest BCUT2D eigenvalue weighted by Gasteiger charge is -2.11. The third-order valence-corrected chi connectivity index (χ3v) is 3.44. The van der Waals surface area contributed by atoms with E-state index >= 15 is 0 Å². The van der Waals surface area contributed by atoms with Crippen LogP contribution < -0.4 is 0 Å². The van der Waals surface area contributed by atoms with E-state index in [1.165, 1.54) is 22.3 Å². The van der Waals surface area contributed by atoms with Crippen LogP contribution in [0.4, 0.5) is 0 Å². The molecule has 0 atom stereocenters. The highest BCUT2D eigenvalue weighted by Gasteiger charge is 2.08. The highest BCUT2D eigenvalue weighted by atomic mass is 35.5. The first kappa shape index (κ1) is 12.5. The Morgan fingerprint density at radius 2 is 1.47 bits per heavy atom. The average molecular weight is 265 g/mol. The average Bonchev–Trinajstić information content (AvgIpc) is 2.30. The number of alkyl halides is 2. The molecule has 0 saturated heterocycles. The summed E-state index contributed by atoms with van der Waals surface area (Å²) in [5, 5.41) is 0. The molecule has 0 bridgehead atoms. The van der Waals surface area contributed by atoms with Crippen molar-refractivity contribution in [3.05, 3.63) is 59.2 Å². The molecule has 17 heavy (non-hydrogen) atoms. The lowest BCUT2D eigenvalue weighted by Crippen LogP contribution is -1.89. The van der Waals surface area contributed by atoms with Crippen LogP contribution in [-0.2, 0) is 0 Å². The fourth-order valence-electron chi connectivity index (χ4n) is 2.00. The highest BCUT2D eigenvalue weighted by Crippen LogP contribution is 2.31. The van der Waals surface area contributed by atoms with E-state index in [0.717, 1.165) is 5.56 Å². The van der Waals surface area contributed by atoms with Crippen molar-refractivity contribution in [3.63, 3.8) is 0 Å². The molecular formula is C15H14Cl2. The van der Waals surface area contributed by atoms with Gasteiger partial charge in [-0.1, -0.05) is 42.5 Å². The second kappa shape index (κ2) is 5.12. The Hall–Kier alpha value is -0.980. The van der Waals surface area contributed by atoms with Crippen molar-refractivity contribution in [2.75, 3.05) is 0 Å². The minimum absolute atomic E-state index is 0.459. The van der Waals surface area contributed by atoms with Gasteiger partial charge < -0.3 is 0 Å². The van der Waals surface area contributed by atoms with Crippen LogP contribution in [0.3, 0.4) is 0 Å². The van der Waals surface area contributed by atoms with Crippen molar-refractivity contribution in [3.8, 4) is 11.1 Å². The quantitative estimate of drug-likeness (QED) is 0.633. The maximum Gasteiger partial charge on any atom is 0.132 e. The number of aryl methyl sites for hydroxylation is 2. The van der Waals surface area contributed by atoms with Gasteiger partial charge in [0.1, 0.15) is 4.84 Å². The molecule has 0 unspecified atom stereocenters. The van der Waals surface area contributed by atoms with Crippen LogP contribution in [0.2, 0.25) is 0 Å².